The van der Waals surface area contributed by atoms with Crippen molar-refractivity contribution in [1.29, 1.82) is 0 Å². The molecule has 0 amide bonds. The van der Waals surface area contributed by atoms with Crippen LogP contribution >= 0.6 is 11.6 Å². The first kappa shape index (κ1) is 31.2. The average molecular weight is 631 g/mol. The molecule has 0 radical (unpaired) electrons. The SMILES string of the molecule is CCCCc1nc2ccc(NS(=O)(=O)c3ccc(Cl)cc3)nc2n1Cc1ccc(-c2ccccc2C(=O)OC(C)(C)C)cc1. The molecule has 5 aromatic rings. The molecule has 0 unspecified atom stereocenters. The number of anilines is 1. The zero-order chi connectivity index (χ0) is 31.5. The van der Waals surface area contributed by atoms with Crippen LogP contribution in [0.1, 0.15) is 62.3 Å². The van der Waals surface area contributed by atoms with Gasteiger partial charge in [0.2, 0.25) is 0 Å². The minimum absolute atomic E-state index is 0.0919. The fraction of sp³-hybridized carbons (Fsp3) is 0.265. The molecule has 0 atom stereocenters. The fourth-order valence-electron chi connectivity index (χ4n) is 4.83. The molecule has 0 aliphatic rings. The molecule has 0 aliphatic heterocycles. The molecule has 0 aliphatic carbocycles. The Morgan fingerprint density at radius 1 is 0.932 bits per heavy atom. The van der Waals surface area contributed by atoms with E-state index in [-0.39, 0.29) is 16.7 Å². The number of imidazole rings is 1. The number of unbranched alkanes of at least 4 members (excludes halogenated alkanes) is 1. The molecule has 5 rings (SSSR count). The normalized spacial score (nSPS) is 11.9. The lowest BCUT2D eigenvalue weighted by molar-refractivity contribution is 0.00704. The number of rotatable bonds is 10. The summed E-state index contributed by atoms with van der Waals surface area (Å²) >= 11 is 5.93. The Bertz CT molecular complexity index is 1900. The average Bonchev–Trinajstić information content (AvgIpc) is 3.31. The van der Waals surface area contributed by atoms with Crippen LogP contribution in [0.5, 0.6) is 0 Å². The van der Waals surface area contributed by atoms with E-state index in [2.05, 4.69) is 16.6 Å². The van der Waals surface area contributed by atoms with Gasteiger partial charge in [-0.05, 0) is 86.3 Å². The molecule has 8 nitrogen and oxygen atoms in total. The quantitative estimate of drug-likeness (QED) is 0.157. The number of aromatic nitrogens is 3. The van der Waals surface area contributed by atoms with Crippen LogP contribution in [0.15, 0.2) is 89.8 Å². The van der Waals surface area contributed by atoms with Crippen molar-refractivity contribution in [3.63, 3.8) is 0 Å². The molecule has 0 saturated carbocycles. The highest BCUT2D eigenvalue weighted by Gasteiger charge is 2.21. The van der Waals surface area contributed by atoms with Crippen molar-refractivity contribution in [3.8, 4) is 11.1 Å². The highest BCUT2D eigenvalue weighted by Crippen LogP contribution is 2.27. The predicted molar refractivity (Wildman–Crippen MR) is 175 cm³/mol. The number of hydrogen-bond acceptors (Lipinski definition) is 6. The van der Waals surface area contributed by atoms with Crippen molar-refractivity contribution in [2.45, 2.75) is 64.0 Å². The Morgan fingerprint density at radius 2 is 1.64 bits per heavy atom. The van der Waals surface area contributed by atoms with Crippen molar-refractivity contribution in [2.75, 3.05) is 4.72 Å². The minimum atomic E-state index is -3.86. The number of esters is 1. The van der Waals surface area contributed by atoms with Gasteiger partial charge >= 0.3 is 5.97 Å². The summed E-state index contributed by atoms with van der Waals surface area (Å²) in [4.78, 5) is 22.5. The molecule has 44 heavy (non-hydrogen) atoms. The standard InChI is InChI=1S/C34H35ClN4O4S/c1-5-6-11-31-36-29-20-21-30(38-44(41,42)26-18-16-25(35)17-19-26)37-32(29)39(31)22-23-12-14-24(15-13-23)27-9-7-8-10-28(27)33(40)43-34(2,3)4/h7-10,12-21H,5-6,11,22H2,1-4H3,(H,37,38). The second-order valence-corrected chi connectivity index (χ2v) is 13.7. The van der Waals surface area contributed by atoms with Crippen LogP contribution in [0.25, 0.3) is 22.3 Å². The van der Waals surface area contributed by atoms with Crippen LogP contribution in [-0.2, 0) is 27.7 Å². The van der Waals surface area contributed by atoms with Crippen LogP contribution in [0, 0.1) is 0 Å². The van der Waals surface area contributed by atoms with Gasteiger partial charge in [-0.15, -0.1) is 0 Å². The largest absolute Gasteiger partial charge is 0.456 e. The monoisotopic (exact) mass is 630 g/mol. The number of benzene rings is 3. The molecule has 1 N–H and O–H groups in total. The van der Waals surface area contributed by atoms with Gasteiger partial charge in [-0.3, -0.25) is 4.72 Å². The molecule has 2 heterocycles. The van der Waals surface area contributed by atoms with Gasteiger partial charge in [-0.1, -0.05) is 67.4 Å². The zero-order valence-electron chi connectivity index (χ0n) is 25.2. The number of pyridine rings is 1. The van der Waals surface area contributed by atoms with E-state index < -0.39 is 15.6 Å². The summed E-state index contributed by atoms with van der Waals surface area (Å²) in [7, 11) is -3.86. The van der Waals surface area contributed by atoms with E-state index in [1.54, 1.807) is 18.2 Å². The van der Waals surface area contributed by atoms with Crippen molar-refractivity contribution >= 4 is 44.6 Å². The maximum absolute atomic E-state index is 13.0. The van der Waals surface area contributed by atoms with Crippen molar-refractivity contribution in [2.24, 2.45) is 0 Å². The Morgan fingerprint density at radius 3 is 2.32 bits per heavy atom. The van der Waals surface area contributed by atoms with E-state index in [0.29, 0.717) is 28.3 Å². The minimum Gasteiger partial charge on any atom is -0.456 e. The third-order valence-corrected chi connectivity index (χ3v) is 8.56. The van der Waals surface area contributed by atoms with E-state index in [0.717, 1.165) is 41.8 Å². The molecule has 228 valence electrons. The number of carbonyl (C=O) groups is 1. The van der Waals surface area contributed by atoms with Gasteiger partial charge in [0.15, 0.2) is 5.65 Å². The molecular weight excluding hydrogens is 596 g/mol. The second-order valence-electron chi connectivity index (χ2n) is 11.6. The lowest BCUT2D eigenvalue weighted by atomic mass is 9.98. The molecule has 0 fully saturated rings. The Balaban J connectivity index is 1.45. The lowest BCUT2D eigenvalue weighted by Gasteiger charge is -2.20. The number of carbonyl (C=O) groups excluding carboxylic acids is 1. The summed E-state index contributed by atoms with van der Waals surface area (Å²) in [5.74, 6) is 0.715. The molecule has 0 bridgehead atoms. The van der Waals surface area contributed by atoms with Gasteiger partial charge < -0.3 is 9.30 Å². The van der Waals surface area contributed by atoms with E-state index in [1.165, 1.54) is 24.3 Å². The lowest BCUT2D eigenvalue weighted by Crippen LogP contribution is -2.24. The number of nitrogens with one attached hydrogen (secondary N) is 1. The fourth-order valence-corrected chi connectivity index (χ4v) is 5.95. The molecule has 0 saturated heterocycles. The summed E-state index contributed by atoms with van der Waals surface area (Å²) in [5.41, 5.74) is 3.89. The van der Waals surface area contributed by atoms with E-state index in [4.69, 9.17) is 21.3 Å². The van der Waals surface area contributed by atoms with E-state index in [9.17, 15) is 13.2 Å². The number of aryl methyl sites for hydroxylation is 1. The Kier molecular flexibility index (Phi) is 9.08. The van der Waals surface area contributed by atoms with Crippen molar-refractivity contribution in [3.05, 3.63) is 107 Å². The Labute approximate surface area is 263 Å². The number of sulfonamides is 1. The molecule has 10 heteroatoms. The summed E-state index contributed by atoms with van der Waals surface area (Å²) < 4.78 is 36.3. The first-order valence-electron chi connectivity index (χ1n) is 14.5. The first-order chi connectivity index (χ1) is 20.9. The summed E-state index contributed by atoms with van der Waals surface area (Å²) in [6, 6.07) is 24.8. The predicted octanol–water partition coefficient (Wildman–Crippen LogP) is 7.90. The molecule has 0 spiro atoms. The van der Waals surface area contributed by atoms with Crippen LogP contribution < -0.4 is 4.72 Å². The van der Waals surface area contributed by atoms with Gasteiger partial charge in [0, 0.05) is 11.4 Å². The maximum Gasteiger partial charge on any atom is 0.339 e. The highest BCUT2D eigenvalue weighted by molar-refractivity contribution is 7.92. The number of fused-ring (bicyclic) bond motifs is 1. The van der Waals surface area contributed by atoms with Crippen molar-refractivity contribution < 1.29 is 17.9 Å². The van der Waals surface area contributed by atoms with Crippen molar-refractivity contribution in [1.82, 2.24) is 14.5 Å². The highest BCUT2D eigenvalue weighted by atomic mass is 35.5. The van der Waals surface area contributed by atoms with Crippen LogP contribution in [-0.4, -0.2) is 34.5 Å². The van der Waals surface area contributed by atoms with Crippen LogP contribution in [0.3, 0.4) is 0 Å². The third-order valence-electron chi connectivity index (χ3n) is 6.94. The van der Waals surface area contributed by atoms with E-state index >= 15 is 0 Å². The summed E-state index contributed by atoms with van der Waals surface area (Å²) in [6.07, 6.45) is 2.73. The maximum atomic E-state index is 13.0. The number of hydrogen-bond donors (Lipinski definition) is 1. The second kappa shape index (κ2) is 12.8. The van der Waals surface area contributed by atoms with Crippen LogP contribution in [0.2, 0.25) is 5.02 Å². The molecule has 2 aromatic heterocycles. The molecular formula is C34H35ClN4O4S. The third kappa shape index (κ3) is 7.29. The number of ether oxygens (including phenoxy) is 1. The summed E-state index contributed by atoms with van der Waals surface area (Å²) in [6.45, 7) is 8.17. The van der Waals surface area contributed by atoms with Gasteiger partial charge in [-0.2, -0.15) is 0 Å². The van der Waals surface area contributed by atoms with Gasteiger partial charge in [0.05, 0.1) is 17.0 Å². The van der Waals surface area contributed by atoms with E-state index in [1.807, 2.05) is 67.8 Å². The van der Waals surface area contributed by atoms with Gasteiger partial charge in [-0.25, -0.2) is 23.2 Å². The number of halogens is 1. The first-order valence-corrected chi connectivity index (χ1v) is 16.4. The zero-order valence-corrected chi connectivity index (χ0v) is 26.7. The van der Waals surface area contributed by atoms with Gasteiger partial charge in [0.1, 0.15) is 22.8 Å². The van der Waals surface area contributed by atoms with Crippen LogP contribution in [0.4, 0.5) is 5.82 Å². The topological polar surface area (TPSA) is 103 Å². The van der Waals surface area contributed by atoms with Gasteiger partial charge in [0.25, 0.3) is 10.0 Å². The summed E-state index contributed by atoms with van der Waals surface area (Å²) in [5, 5.41) is 0.451. The smallest absolute Gasteiger partial charge is 0.339 e. The number of nitrogens with zero attached hydrogens (tertiary/aromatic N) is 3. The molecule has 3 aromatic carbocycles. The Hall–Kier alpha value is -4.21.